The van der Waals surface area contributed by atoms with Crippen LogP contribution in [0.4, 0.5) is 0 Å². The van der Waals surface area contributed by atoms with Crippen molar-refractivity contribution in [2.45, 2.75) is 94.7 Å². The van der Waals surface area contributed by atoms with Crippen molar-refractivity contribution in [1.82, 2.24) is 15.5 Å². The lowest BCUT2D eigenvalue weighted by atomic mass is 9.96. The molecule has 3 amide bonds. The molecule has 2 aliphatic rings. The van der Waals surface area contributed by atoms with E-state index in [1.807, 2.05) is 44.2 Å². The lowest BCUT2D eigenvalue weighted by Gasteiger charge is -2.34. The van der Waals surface area contributed by atoms with Crippen molar-refractivity contribution in [3.63, 3.8) is 0 Å². The standard InChI is InChI=1S/C31H41N3O5S/c1-20-23(16-11-17-25(20)35)28(37)33-24(18-21-12-7-6-8-13-21)26(36)30(39)34-19-40-31(2,3)27(34)29(38)32-22-14-9-4-5-10-15-22/h6-8,11-13,16-17,22,24,26-27,35-36H,4-5,9-10,14-15,18-19H2,1-3H3,(H,32,38)(H,33,37). The summed E-state index contributed by atoms with van der Waals surface area (Å²) >= 11 is 1.50. The highest BCUT2D eigenvalue weighted by atomic mass is 32.2. The molecule has 0 spiro atoms. The Morgan fingerprint density at radius 2 is 1.70 bits per heavy atom. The molecule has 2 aromatic rings. The molecule has 1 aliphatic heterocycles. The zero-order valence-electron chi connectivity index (χ0n) is 23.6. The van der Waals surface area contributed by atoms with E-state index in [1.54, 1.807) is 19.1 Å². The molecule has 2 aromatic carbocycles. The summed E-state index contributed by atoms with van der Waals surface area (Å²) in [6, 6.07) is 12.4. The molecule has 8 nitrogen and oxygen atoms in total. The third-order valence-corrected chi connectivity index (χ3v) is 9.45. The first-order valence-corrected chi connectivity index (χ1v) is 15.1. The Kier molecular flexibility index (Phi) is 9.79. The number of nitrogens with one attached hydrogen (secondary N) is 2. The number of nitrogens with zero attached hydrogens (tertiary/aromatic N) is 1. The molecule has 3 unspecified atom stereocenters. The fraction of sp³-hybridized carbons (Fsp3) is 0.516. The van der Waals surface area contributed by atoms with Crippen LogP contribution in [0.1, 0.15) is 73.9 Å². The maximum atomic E-state index is 13.9. The van der Waals surface area contributed by atoms with Crippen molar-refractivity contribution in [2.75, 3.05) is 5.88 Å². The Labute approximate surface area is 240 Å². The molecule has 0 radical (unpaired) electrons. The van der Waals surface area contributed by atoms with Gasteiger partial charge in [0, 0.05) is 21.9 Å². The molecule has 1 saturated carbocycles. The van der Waals surface area contributed by atoms with Crippen LogP contribution < -0.4 is 10.6 Å². The van der Waals surface area contributed by atoms with Crippen molar-refractivity contribution < 1.29 is 24.6 Å². The van der Waals surface area contributed by atoms with Crippen LogP contribution in [-0.2, 0) is 16.0 Å². The number of carbonyl (C=O) groups is 3. The van der Waals surface area contributed by atoms with Crippen LogP contribution in [-0.4, -0.2) is 67.7 Å². The van der Waals surface area contributed by atoms with E-state index in [1.165, 1.54) is 35.6 Å². The van der Waals surface area contributed by atoms with E-state index in [9.17, 15) is 24.6 Å². The summed E-state index contributed by atoms with van der Waals surface area (Å²) in [6.45, 7) is 5.53. The number of carbonyl (C=O) groups excluding carboxylic acids is 3. The molecule has 2 fully saturated rings. The molecule has 1 aliphatic carbocycles. The number of aliphatic hydroxyl groups is 1. The molecule has 0 bridgehead atoms. The second kappa shape index (κ2) is 13.1. The predicted molar refractivity (Wildman–Crippen MR) is 157 cm³/mol. The van der Waals surface area contributed by atoms with Crippen LogP contribution in [0.25, 0.3) is 0 Å². The maximum absolute atomic E-state index is 13.9. The lowest BCUT2D eigenvalue weighted by Crippen LogP contribution is -2.59. The molecule has 1 saturated heterocycles. The van der Waals surface area contributed by atoms with E-state index in [4.69, 9.17) is 0 Å². The minimum Gasteiger partial charge on any atom is -0.508 e. The molecule has 216 valence electrons. The van der Waals surface area contributed by atoms with Gasteiger partial charge in [-0.05, 0) is 57.7 Å². The van der Waals surface area contributed by atoms with Crippen LogP contribution in [0.3, 0.4) is 0 Å². The summed E-state index contributed by atoms with van der Waals surface area (Å²) in [7, 11) is 0. The first-order chi connectivity index (χ1) is 19.1. The van der Waals surface area contributed by atoms with Gasteiger partial charge in [-0.25, -0.2) is 0 Å². The SMILES string of the molecule is Cc1c(O)cccc1C(=O)NC(Cc1ccccc1)C(O)C(=O)N1CSC(C)(C)C1C(=O)NC1CCCCCC1. The molecule has 3 atom stereocenters. The summed E-state index contributed by atoms with van der Waals surface area (Å²) < 4.78 is -0.541. The molecular weight excluding hydrogens is 526 g/mol. The van der Waals surface area contributed by atoms with Crippen LogP contribution in [0.2, 0.25) is 0 Å². The third kappa shape index (κ3) is 6.99. The highest BCUT2D eigenvalue weighted by Crippen LogP contribution is 2.40. The Hall–Kier alpha value is -3.04. The van der Waals surface area contributed by atoms with Gasteiger partial charge in [-0.1, -0.05) is 62.1 Å². The van der Waals surface area contributed by atoms with Gasteiger partial charge in [0.05, 0.1) is 11.9 Å². The van der Waals surface area contributed by atoms with Gasteiger partial charge in [0.15, 0.2) is 6.10 Å². The maximum Gasteiger partial charge on any atom is 0.254 e. The number of aromatic hydroxyl groups is 1. The molecule has 9 heteroatoms. The number of thioether (sulfide) groups is 1. The summed E-state index contributed by atoms with van der Waals surface area (Å²) in [4.78, 5) is 42.2. The van der Waals surface area contributed by atoms with Gasteiger partial charge in [-0.15, -0.1) is 11.8 Å². The van der Waals surface area contributed by atoms with Gasteiger partial charge in [-0.3, -0.25) is 14.4 Å². The van der Waals surface area contributed by atoms with E-state index in [2.05, 4.69) is 10.6 Å². The minimum atomic E-state index is -1.58. The monoisotopic (exact) mass is 567 g/mol. The highest BCUT2D eigenvalue weighted by Gasteiger charge is 2.50. The summed E-state index contributed by atoms with van der Waals surface area (Å²) in [5.74, 6) is -1.03. The average Bonchev–Trinajstić information content (AvgIpc) is 3.07. The Balaban J connectivity index is 1.56. The van der Waals surface area contributed by atoms with Gasteiger partial charge in [0.25, 0.3) is 11.8 Å². The Bertz CT molecular complexity index is 1200. The predicted octanol–water partition coefficient (Wildman–Crippen LogP) is 3.92. The smallest absolute Gasteiger partial charge is 0.254 e. The Morgan fingerprint density at radius 1 is 1.02 bits per heavy atom. The first kappa shape index (κ1) is 29.9. The van der Waals surface area contributed by atoms with E-state index in [-0.39, 0.29) is 35.6 Å². The summed E-state index contributed by atoms with van der Waals surface area (Å²) in [6.07, 6.45) is 4.99. The number of amides is 3. The van der Waals surface area contributed by atoms with Crippen LogP contribution in [0.15, 0.2) is 48.5 Å². The van der Waals surface area contributed by atoms with Gasteiger partial charge in [0.1, 0.15) is 11.8 Å². The van der Waals surface area contributed by atoms with Gasteiger partial charge < -0.3 is 25.7 Å². The molecule has 40 heavy (non-hydrogen) atoms. The minimum absolute atomic E-state index is 0.0114. The summed E-state index contributed by atoms with van der Waals surface area (Å²) in [5.41, 5.74) is 1.51. The second-order valence-electron chi connectivity index (χ2n) is 11.4. The van der Waals surface area contributed by atoms with Gasteiger partial charge >= 0.3 is 0 Å². The molecular formula is C31H41N3O5S. The van der Waals surface area contributed by atoms with Crippen molar-refractivity contribution in [1.29, 1.82) is 0 Å². The van der Waals surface area contributed by atoms with E-state index >= 15 is 0 Å². The van der Waals surface area contributed by atoms with E-state index < -0.39 is 34.7 Å². The van der Waals surface area contributed by atoms with Crippen LogP contribution in [0, 0.1) is 6.92 Å². The fourth-order valence-electron chi connectivity index (χ4n) is 5.68. The fourth-order valence-corrected chi connectivity index (χ4v) is 6.82. The van der Waals surface area contributed by atoms with Crippen LogP contribution in [0.5, 0.6) is 5.75 Å². The number of rotatable bonds is 8. The highest BCUT2D eigenvalue weighted by molar-refractivity contribution is 8.00. The third-order valence-electron chi connectivity index (χ3n) is 8.08. The van der Waals surface area contributed by atoms with E-state index in [0.29, 0.717) is 5.56 Å². The normalized spacial score (nSPS) is 20.8. The average molecular weight is 568 g/mol. The molecule has 0 aromatic heterocycles. The van der Waals surface area contributed by atoms with Gasteiger partial charge in [0.2, 0.25) is 5.91 Å². The first-order valence-electron chi connectivity index (χ1n) is 14.1. The molecule has 4 rings (SSSR count). The number of aliphatic hydroxyl groups excluding tert-OH is 1. The number of phenolic OH excluding ortho intramolecular Hbond substituents is 1. The molecule has 4 N–H and O–H groups in total. The Morgan fingerprint density at radius 3 is 2.38 bits per heavy atom. The molecule has 1 heterocycles. The van der Waals surface area contributed by atoms with Crippen molar-refractivity contribution in [2.24, 2.45) is 0 Å². The second-order valence-corrected chi connectivity index (χ2v) is 13.0. The number of hydrogen-bond donors (Lipinski definition) is 4. The topological polar surface area (TPSA) is 119 Å². The quantitative estimate of drug-likeness (QED) is 0.359. The zero-order valence-corrected chi connectivity index (χ0v) is 24.4. The number of phenols is 1. The van der Waals surface area contributed by atoms with Crippen molar-refractivity contribution >= 4 is 29.5 Å². The van der Waals surface area contributed by atoms with Gasteiger partial charge in [-0.2, -0.15) is 0 Å². The van der Waals surface area contributed by atoms with Crippen molar-refractivity contribution in [3.05, 3.63) is 65.2 Å². The number of benzene rings is 2. The van der Waals surface area contributed by atoms with Crippen LogP contribution >= 0.6 is 11.8 Å². The zero-order chi connectivity index (χ0) is 28.9. The largest absolute Gasteiger partial charge is 0.508 e. The van der Waals surface area contributed by atoms with E-state index in [0.717, 1.165) is 31.2 Å². The number of hydrogen-bond acceptors (Lipinski definition) is 6. The lowest BCUT2D eigenvalue weighted by molar-refractivity contribution is -0.147. The van der Waals surface area contributed by atoms with Crippen molar-refractivity contribution in [3.8, 4) is 5.75 Å². The summed E-state index contributed by atoms with van der Waals surface area (Å²) in [5, 5.41) is 27.6.